The first kappa shape index (κ1) is 27.7. The summed E-state index contributed by atoms with van der Waals surface area (Å²) < 4.78 is 13.9. The normalized spacial score (nSPS) is 17.0. The van der Waals surface area contributed by atoms with Crippen LogP contribution in [0.2, 0.25) is 0 Å². The van der Waals surface area contributed by atoms with Crippen molar-refractivity contribution in [1.29, 1.82) is 0 Å². The van der Waals surface area contributed by atoms with Gasteiger partial charge >= 0.3 is 5.76 Å². The van der Waals surface area contributed by atoms with Gasteiger partial charge in [0.2, 0.25) is 11.7 Å². The van der Waals surface area contributed by atoms with Crippen LogP contribution in [0.25, 0.3) is 28.3 Å². The van der Waals surface area contributed by atoms with Crippen LogP contribution in [-0.2, 0) is 12.8 Å². The van der Waals surface area contributed by atoms with Gasteiger partial charge in [0.05, 0.1) is 5.69 Å². The highest BCUT2D eigenvalue weighted by Gasteiger charge is 2.30. The molecule has 44 heavy (non-hydrogen) atoms. The van der Waals surface area contributed by atoms with Crippen molar-refractivity contribution < 1.29 is 9.05 Å². The fourth-order valence-corrected chi connectivity index (χ4v) is 6.43. The smallest absolute Gasteiger partial charge is 0.339 e. The zero-order chi connectivity index (χ0) is 30.2. The molecule has 1 N–H and O–H groups in total. The van der Waals surface area contributed by atoms with Gasteiger partial charge in [-0.3, -0.25) is 18.9 Å². The van der Waals surface area contributed by atoms with E-state index in [0.29, 0.717) is 29.7 Å². The molecule has 6 aromatic rings. The topological polar surface area (TPSA) is 150 Å². The number of rotatable bonds is 8. The molecule has 0 atom stereocenters. The van der Waals surface area contributed by atoms with Crippen LogP contribution in [0.1, 0.15) is 79.5 Å². The third-order valence-corrected chi connectivity index (χ3v) is 8.54. The lowest BCUT2D eigenvalue weighted by atomic mass is 9.85. The number of aromatic nitrogens is 8. The Morgan fingerprint density at radius 1 is 0.955 bits per heavy atom. The molecule has 1 saturated carbocycles. The van der Waals surface area contributed by atoms with Crippen LogP contribution in [0.5, 0.6) is 0 Å². The average Bonchev–Trinajstić information content (AvgIpc) is 3.81. The minimum absolute atomic E-state index is 0.00422. The van der Waals surface area contributed by atoms with Gasteiger partial charge in [-0.15, -0.1) is 0 Å². The number of nitrogens with zero attached hydrogens (tertiary/aromatic N) is 7. The molecule has 1 aliphatic rings. The molecule has 4 aromatic heterocycles. The molecule has 1 fully saturated rings. The molecule has 0 radical (unpaired) electrons. The summed E-state index contributed by atoms with van der Waals surface area (Å²) in [4.78, 5) is 37.5. The van der Waals surface area contributed by atoms with Crippen LogP contribution in [0.3, 0.4) is 0 Å². The van der Waals surface area contributed by atoms with Gasteiger partial charge in [0.25, 0.3) is 5.56 Å². The second-order valence-electron chi connectivity index (χ2n) is 11.4. The molecular weight excluding hydrogens is 560 g/mol. The van der Waals surface area contributed by atoms with Crippen LogP contribution >= 0.6 is 0 Å². The number of aryl methyl sites for hydroxylation is 2. The van der Waals surface area contributed by atoms with Gasteiger partial charge in [-0.2, -0.15) is 15.1 Å². The molecule has 0 bridgehead atoms. The molecular formula is C32H32N8O4. The fraction of sp³-hybridized carbons (Fsp3) is 0.344. The Bertz CT molecular complexity index is 2040. The lowest BCUT2D eigenvalue weighted by molar-refractivity contribution is 0.269. The SMILES string of the molecule is CCCc1c(Cc2ccc(-c3ccccc3-c3noc(=O)[nH]3)cc2)c(=O)n(C2CCC(c3nc(C)no3)CC2)c2ncnn12. The summed E-state index contributed by atoms with van der Waals surface area (Å²) in [5.41, 5.74) is 5.29. The van der Waals surface area contributed by atoms with Crippen molar-refractivity contribution in [2.75, 3.05) is 0 Å². The quantitative estimate of drug-likeness (QED) is 0.256. The molecule has 4 heterocycles. The fourth-order valence-electron chi connectivity index (χ4n) is 6.43. The summed E-state index contributed by atoms with van der Waals surface area (Å²) in [6.45, 7) is 3.93. The maximum absolute atomic E-state index is 14.3. The van der Waals surface area contributed by atoms with Crippen LogP contribution < -0.4 is 11.3 Å². The van der Waals surface area contributed by atoms with Crippen LogP contribution in [-0.4, -0.2) is 39.4 Å². The van der Waals surface area contributed by atoms with Gasteiger partial charge < -0.3 is 4.52 Å². The Labute approximate surface area is 251 Å². The molecule has 7 rings (SSSR count). The van der Waals surface area contributed by atoms with E-state index in [1.54, 1.807) is 0 Å². The predicted molar refractivity (Wildman–Crippen MR) is 161 cm³/mol. The zero-order valence-corrected chi connectivity index (χ0v) is 24.6. The predicted octanol–water partition coefficient (Wildman–Crippen LogP) is 5.03. The monoisotopic (exact) mass is 592 g/mol. The molecule has 0 amide bonds. The summed E-state index contributed by atoms with van der Waals surface area (Å²) in [7, 11) is 0. The van der Waals surface area contributed by atoms with Crippen molar-refractivity contribution in [3.63, 3.8) is 0 Å². The van der Waals surface area contributed by atoms with Crippen molar-refractivity contribution in [1.82, 2.24) is 39.4 Å². The lowest BCUT2D eigenvalue weighted by Crippen LogP contribution is -2.34. The summed E-state index contributed by atoms with van der Waals surface area (Å²) >= 11 is 0. The standard InChI is InChI=1S/C32H32N8O4/c1-3-6-27-26(17-20-9-11-21(12-10-20)24-7-4-5-8-25(24)28-36-32(42)44-38-28)30(41)39(31-33-18-34-40(27)31)23-15-13-22(14-16-23)29-35-19(2)37-43-29/h4-5,7-12,18,22-23H,3,6,13-17H2,1-2H3,(H,36,38,42). The Morgan fingerprint density at radius 3 is 2.41 bits per heavy atom. The molecule has 0 aliphatic heterocycles. The van der Waals surface area contributed by atoms with Crippen molar-refractivity contribution in [3.8, 4) is 22.5 Å². The lowest BCUT2D eigenvalue weighted by Gasteiger charge is -2.29. The number of hydrogen-bond acceptors (Lipinski definition) is 9. The maximum atomic E-state index is 14.3. The zero-order valence-electron chi connectivity index (χ0n) is 24.6. The van der Waals surface area contributed by atoms with E-state index < -0.39 is 5.76 Å². The molecule has 0 saturated heterocycles. The van der Waals surface area contributed by atoms with Crippen molar-refractivity contribution in [2.24, 2.45) is 0 Å². The highest BCUT2D eigenvalue weighted by molar-refractivity contribution is 5.80. The van der Waals surface area contributed by atoms with Crippen molar-refractivity contribution in [3.05, 3.63) is 104 Å². The number of hydrogen-bond donors (Lipinski definition) is 1. The van der Waals surface area contributed by atoms with E-state index in [-0.39, 0.29) is 17.5 Å². The first-order chi connectivity index (χ1) is 21.5. The van der Waals surface area contributed by atoms with Gasteiger partial charge in [0.15, 0.2) is 11.6 Å². The largest absolute Gasteiger partial charge is 0.439 e. The summed E-state index contributed by atoms with van der Waals surface area (Å²) in [6, 6.07) is 15.8. The van der Waals surface area contributed by atoms with Crippen molar-refractivity contribution >= 4 is 5.78 Å². The van der Waals surface area contributed by atoms with Gasteiger partial charge in [0, 0.05) is 29.5 Å². The second-order valence-corrected chi connectivity index (χ2v) is 11.4. The molecule has 224 valence electrons. The number of fused-ring (bicyclic) bond motifs is 1. The highest BCUT2D eigenvalue weighted by Crippen LogP contribution is 2.38. The van der Waals surface area contributed by atoms with E-state index >= 15 is 0 Å². The number of nitrogens with one attached hydrogen (secondary N) is 1. The Balaban J connectivity index is 1.21. The Morgan fingerprint density at radius 2 is 1.73 bits per heavy atom. The highest BCUT2D eigenvalue weighted by atomic mass is 16.5. The van der Waals surface area contributed by atoms with Gasteiger partial charge in [0.1, 0.15) is 6.33 Å². The third-order valence-electron chi connectivity index (χ3n) is 8.54. The summed E-state index contributed by atoms with van der Waals surface area (Å²) in [5, 5.41) is 12.4. The minimum Gasteiger partial charge on any atom is -0.339 e. The molecule has 12 nitrogen and oxygen atoms in total. The van der Waals surface area contributed by atoms with Gasteiger partial charge in [-0.25, -0.2) is 9.31 Å². The first-order valence-corrected chi connectivity index (χ1v) is 15.0. The minimum atomic E-state index is -0.599. The van der Waals surface area contributed by atoms with E-state index in [1.807, 2.05) is 64.5 Å². The molecule has 0 unspecified atom stereocenters. The molecule has 12 heteroatoms. The molecule has 1 aliphatic carbocycles. The van der Waals surface area contributed by atoms with Crippen LogP contribution in [0.15, 0.2) is 73.5 Å². The average molecular weight is 593 g/mol. The first-order valence-electron chi connectivity index (χ1n) is 15.0. The number of aromatic amines is 1. The third kappa shape index (κ3) is 5.06. The number of H-pyrrole nitrogens is 1. The summed E-state index contributed by atoms with van der Waals surface area (Å²) in [5.74, 6) is 1.89. The Kier molecular flexibility index (Phi) is 7.24. The second kappa shape index (κ2) is 11.5. The van der Waals surface area contributed by atoms with E-state index in [4.69, 9.17) is 9.05 Å². The molecule has 0 spiro atoms. The maximum Gasteiger partial charge on any atom is 0.439 e. The van der Waals surface area contributed by atoms with E-state index in [0.717, 1.165) is 72.0 Å². The van der Waals surface area contributed by atoms with Gasteiger partial charge in [-0.05, 0) is 55.7 Å². The summed E-state index contributed by atoms with van der Waals surface area (Å²) in [6.07, 6.45) is 6.94. The Hall–Kier alpha value is -5.13. The van der Waals surface area contributed by atoms with E-state index in [1.165, 1.54) is 6.33 Å². The molecule has 2 aromatic carbocycles. The van der Waals surface area contributed by atoms with Gasteiger partial charge in [-0.1, -0.05) is 72.2 Å². The van der Waals surface area contributed by atoms with Crippen LogP contribution in [0, 0.1) is 6.92 Å². The number of benzene rings is 2. The van der Waals surface area contributed by atoms with E-state index in [9.17, 15) is 9.59 Å². The van der Waals surface area contributed by atoms with Crippen molar-refractivity contribution in [2.45, 2.75) is 70.8 Å². The van der Waals surface area contributed by atoms with E-state index in [2.05, 4.69) is 37.3 Å². The van der Waals surface area contributed by atoms with Crippen LogP contribution in [0.4, 0.5) is 0 Å².